The average Bonchev–Trinajstić information content (AvgIpc) is 3.16. The Balaban J connectivity index is 1.54. The molecule has 3 rings (SSSR count). The fourth-order valence-corrected chi connectivity index (χ4v) is 3.38. The van der Waals surface area contributed by atoms with Crippen molar-refractivity contribution in [1.29, 1.82) is 0 Å². The maximum absolute atomic E-state index is 12.8. The zero-order chi connectivity index (χ0) is 18.7. The van der Waals surface area contributed by atoms with Gasteiger partial charge < -0.3 is 9.80 Å². The summed E-state index contributed by atoms with van der Waals surface area (Å²) in [6.07, 6.45) is -2.37. The van der Waals surface area contributed by atoms with Gasteiger partial charge in [-0.25, -0.2) is 0 Å². The highest BCUT2D eigenvalue weighted by Crippen LogP contribution is 2.29. The molecule has 2 heterocycles. The van der Waals surface area contributed by atoms with E-state index in [1.54, 1.807) is 4.90 Å². The van der Waals surface area contributed by atoms with E-state index in [9.17, 15) is 22.8 Å². The predicted octanol–water partition coefficient (Wildman–Crippen LogP) is 2.09. The van der Waals surface area contributed by atoms with Gasteiger partial charge >= 0.3 is 6.18 Å². The third-order valence-corrected chi connectivity index (χ3v) is 4.91. The zero-order valence-corrected chi connectivity index (χ0v) is 14.5. The van der Waals surface area contributed by atoms with Crippen molar-refractivity contribution in [2.24, 2.45) is 0 Å². The first-order valence-electron chi connectivity index (χ1n) is 8.81. The van der Waals surface area contributed by atoms with E-state index in [2.05, 4.69) is 0 Å². The standard InChI is InChI=1S/C18H22F3N3O2/c19-18(20,21)15-5-3-4-14(12-15)17(26)24-10-8-22(9-11-24)13-16(25)23-6-1-2-7-23/h3-5,12H,1-2,6-11,13H2. The van der Waals surface area contributed by atoms with Gasteiger partial charge in [0.15, 0.2) is 0 Å². The highest BCUT2D eigenvalue weighted by atomic mass is 19.4. The van der Waals surface area contributed by atoms with E-state index >= 15 is 0 Å². The number of carbonyl (C=O) groups excluding carboxylic acids is 2. The van der Waals surface area contributed by atoms with Gasteiger partial charge in [-0.1, -0.05) is 6.07 Å². The maximum Gasteiger partial charge on any atom is 0.416 e. The molecule has 0 atom stereocenters. The van der Waals surface area contributed by atoms with Gasteiger partial charge in [-0.2, -0.15) is 13.2 Å². The summed E-state index contributed by atoms with van der Waals surface area (Å²) in [7, 11) is 0. The number of likely N-dealkylation sites (tertiary alicyclic amines) is 1. The number of amides is 2. The van der Waals surface area contributed by atoms with Gasteiger partial charge in [-0.05, 0) is 31.0 Å². The van der Waals surface area contributed by atoms with Crippen molar-refractivity contribution in [3.05, 3.63) is 35.4 Å². The first-order valence-corrected chi connectivity index (χ1v) is 8.81. The number of hydrogen-bond donors (Lipinski definition) is 0. The summed E-state index contributed by atoms with van der Waals surface area (Å²) in [6.45, 7) is 3.87. The summed E-state index contributed by atoms with van der Waals surface area (Å²) in [6, 6.07) is 4.51. The maximum atomic E-state index is 12.8. The summed E-state index contributed by atoms with van der Waals surface area (Å²) < 4.78 is 38.4. The molecule has 2 saturated heterocycles. The molecule has 1 aromatic rings. The monoisotopic (exact) mass is 369 g/mol. The third kappa shape index (κ3) is 4.35. The summed E-state index contributed by atoms with van der Waals surface area (Å²) in [4.78, 5) is 30.1. The van der Waals surface area contributed by atoms with Crippen LogP contribution in [0.2, 0.25) is 0 Å². The lowest BCUT2D eigenvalue weighted by molar-refractivity contribution is -0.137. The average molecular weight is 369 g/mol. The Morgan fingerprint density at radius 1 is 0.923 bits per heavy atom. The van der Waals surface area contributed by atoms with Crippen LogP contribution in [0.5, 0.6) is 0 Å². The minimum atomic E-state index is -4.47. The number of alkyl halides is 3. The lowest BCUT2D eigenvalue weighted by Gasteiger charge is -2.35. The molecule has 0 saturated carbocycles. The predicted molar refractivity (Wildman–Crippen MR) is 89.6 cm³/mol. The second kappa shape index (κ2) is 7.65. The molecule has 2 amide bonds. The van der Waals surface area contributed by atoms with Crippen LogP contribution < -0.4 is 0 Å². The second-order valence-corrected chi connectivity index (χ2v) is 6.73. The Labute approximate surface area is 150 Å². The second-order valence-electron chi connectivity index (χ2n) is 6.73. The molecule has 0 aliphatic carbocycles. The van der Waals surface area contributed by atoms with Gasteiger partial charge in [0.25, 0.3) is 5.91 Å². The summed E-state index contributed by atoms with van der Waals surface area (Å²) in [5, 5.41) is 0. The van der Waals surface area contributed by atoms with Crippen molar-refractivity contribution in [3.8, 4) is 0 Å². The van der Waals surface area contributed by atoms with E-state index in [-0.39, 0.29) is 11.5 Å². The van der Waals surface area contributed by atoms with Crippen molar-refractivity contribution < 1.29 is 22.8 Å². The minimum absolute atomic E-state index is 0.0430. The quantitative estimate of drug-likeness (QED) is 0.820. The summed E-state index contributed by atoms with van der Waals surface area (Å²) in [5.74, 6) is -0.290. The molecular formula is C18H22F3N3O2. The normalized spacial score (nSPS) is 19.0. The molecule has 8 heteroatoms. The van der Waals surface area contributed by atoms with Crippen molar-refractivity contribution in [2.75, 3.05) is 45.8 Å². The van der Waals surface area contributed by atoms with Crippen molar-refractivity contribution in [2.45, 2.75) is 19.0 Å². The number of rotatable bonds is 3. The Kier molecular flexibility index (Phi) is 5.50. The number of halogens is 3. The zero-order valence-electron chi connectivity index (χ0n) is 14.5. The molecule has 142 valence electrons. The summed E-state index contributed by atoms with van der Waals surface area (Å²) in [5.41, 5.74) is -0.778. The van der Waals surface area contributed by atoms with Crippen LogP contribution in [0, 0.1) is 0 Å². The van der Waals surface area contributed by atoms with Gasteiger partial charge in [0.1, 0.15) is 0 Å². The van der Waals surface area contributed by atoms with E-state index in [0.29, 0.717) is 32.7 Å². The van der Waals surface area contributed by atoms with Gasteiger partial charge in [0.05, 0.1) is 12.1 Å². The number of hydrogen-bond acceptors (Lipinski definition) is 3. The minimum Gasteiger partial charge on any atom is -0.342 e. The van der Waals surface area contributed by atoms with E-state index < -0.39 is 17.6 Å². The molecule has 2 aliphatic rings. The topological polar surface area (TPSA) is 43.9 Å². The smallest absolute Gasteiger partial charge is 0.342 e. The van der Waals surface area contributed by atoms with Crippen LogP contribution >= 0.6 is 0 Å². The molecule has 0 aromatic heterocycles. The van der Waals surface area contributed by atoms with Gasteiger partial charge in [-0.15, -0.1) is 0 Å². The van der Waals surface area contributed by atoms with Gasteiger partial charge in [0.2, 0.25) is 5.91 Å². The van der Waals surface area contributed by atoms with E-state index in [0.717, 1.165) is 38.1 Å². The molecule has 2 aliphatic heterocycles. The molecule has 0 unspecified atom stereocenters. The fraction of sp³-hybridized carbons (Fsp3) is 0.556. The molecular weight excluding hydrogens is 347 g/mol. The van der Waals surface area contributed by atoms with Crippen molar-refractivity contribution >= 4 is 11.8 Å². The third-order valence-electron chi connectivity index (χ3n) is 4.91. The first-order chi connectivity index (χ1) is 12.3. The van der Waals surface area contributed by atoms with Crippen molar-refractivity contribution in [1.82, 2.24) is 14.7 Å². The molecule has 0 bridgehead atoms. The number of nitrogens with zero attached hydrogens (tertiary/aromatic N) is 3. The molecule has 5 nitrogen and oxygen atoms in total. The molecule has 0 spiro atoms. The van der Waals surface area contributed by atoms with E-state index in [1.165, 1.54) is 12.1 Å². The number of carbonyl (C=O) groups is 2. The highest BCUT2D eigenvalue weighted by Gasteiger charge is 2.32. The Bertz CT molecular complexity index is 664. The van der Waals surface area contributed by atoms with Crippen LogP contribution in [-0.2, 0) is 11.0 Å². The molecule has 0 radical (unpaired) electrons. The SMILES string of the molecule is O=C(CN1CCN(C(=O)c2cccc(C(F)(F)F)c2)CC1)N1CCCC1. The lowest BCUT2D eigenvalue weighted by atomic mass is 10.1. The van der Waals surface area contributed by atoms with Gasteiger partial charge in [-0.3, -0.25) is 14.5 Å². The Morgan fingerprint density at radius 3 is 2.19 bits per heavy atom. The molecule has 1 aromatic carbocycles. The van der Waals surface area contributed by atoms with E-state index in [4.69, 9.17) is 0 Å². The summed E-state index contributed by atoms with van der Waals surface area (Å²) >= 11 is 0. The van der Waals surface area contributed by atoms with Gasteiger partial charge in [0, 0.05) is 44.8 Å². The van der Waals surface area contributed by atoms with Crippen LogP contribution in [0.4, 0.5) is 13.2 Å². The Hall–Kier alpha value is -2.09. The first kappa shape index (κ1) is 18.7. The van der Waals surface area contributed by atoms with Crippen LogP contribution in [0.3, 0.4) is 0 Å². The largest absolute Gasteiger partial charge is 0.416 e. The fourth-order valence-electron chi connectivity index (χ4n) is 3.38. The Morgan fingerprint density at radius 2 is 1.58 bits per heavy atom. The van der Waals surface area contributed by atoms with Crippen LogP contribution in [-0.4, -0.2) is 72.3 Å². The van der Waals surface area contributed by atoms with Crippen LogP contribution in [0.1, 0.15) is 28.8 Å². The molecule has 0 N–H and O–H groups in total. The van der Waals surface area contributed by atoms with Crippen LogP contribution in [0.15, 0.2) is 24.3 Å². The lowest BCUT2D eigenvalue weighted by Crippen LogP contribution is -2.51. The number of piperazine rings is 1. The van der Waals surface area contributed by atoms with Crippen molar-refractivity contribution in [3.63, 3.8) is 0 Å². The van der Waals surface area contributed by atoms with Crippen LogP contribution in [0.25, 0.3) is 0 Å². The van der Waals surface area contributed by atoms with E-state index in [1.807, 2.05) is 9.80 Å². The number of benzene rings is 1. The molecule has 26 heavy (non-hydrogen) atoms. The highest BCUT2D eigenvalue weighted by molar-refractivity contribution is 5.94. The molecule has 2 fully saturated rings.